The molecule has 2 N–H and O–H groups in total. The third-order valence-corrected chi connectivity index (χ3v) is 3.77. The van der Waals surface area contributed by atoms with Crippen LogP contribution >= 0.6 is 11.8 Å². The van der Waals surface area contributed by atoms with Crippen LogP contribution in [-0.4, -0.2) is 21.1 Å². The van der Waals surface area contributed by atoms with E-state index in [0.29, 0.717) is 23.2 Å². The molecule has 0 aliphatic carbocycles. The third kappa shape index (κ3) is 3.01. The van der Waals surface area contributed by atoms with Crippen LogP contribution in [0.15, 0.2) is 34.2 Å². The summed E-state index contributed by atoms with van der Waals surface area (Å²) in [4.78, 5) is 12.1. The van der Waals surface area contributed by atoms with E-state index in [1.165, 1.54) is 17.3 Å². The molecule has 0 bridgehead atoms. The number of hydrogen-bond acceptors (Lipinski definition) is 5. The fourth-order valence-electron chi connectivity index (χ4n) is 1.88. The zero-order valence-electron chi connectivity index (χ0n) is 11.8. The lowest BCUT2D eigenvalue weighted by Crippen LogP contribution is -2.33. The van der Waals surface area contributed by atoms with Crippen LogP contribution in [0.1, 0.15) is 36.6 Å². The quantitative estimate of drug-likeness (QED) is 0.686. The van der Waals surface area contributed by atoms with Gasteiger partial charge in [0.05, 0.1) is 0 Å². The van der Waals surface area contributed by atoms with E-state index in [-0.39, 0.29) is 5.56 Å². The lowest BCUT2D eigenvalue weighted by Gasteiger charge is -2.08. The predicted molar refractivity (Wildman–Crippen MR) is 81.6 cm³/mol. The van der Waals surface area contributed by atoms with E-state index in [1.54, 1.807) is 6.26 Å². The van der Waals surface area contributed by atoms with Crippen molar-refractivity contribution >= 4 is 11.8 Å². The number of rotatable bonds is 4. The molecule has 0 saturated carbocycles. The number of aromatic nitrogens is 3. The first-order chi connectivity index (χ1) is 9.52. The molecular formula is C14H18N4OS. The number of thioether (sulfide) groups is 1. The Balaban J connectivity index is 2.26. The highest BCUT2D eigenvalue weighted by Crippen LogP contribution is 2.15. The molecule has 1 aromatic carbocycles. The summed E-state index contributed by atoms with van der Waals surface area (Å²) in [7, 11) is 0. The first-order valence-electron chi connectivity index (χ1n) is 6.39. The molecule has 0 saturated heterocycles. The van der Waals surface area contributed by atoms with Crippen molar-refractivity contribution in [2.24, 2.45) is 0 Å². The van der Waals surface area contributed by atoms with E-state index < -0.39 is 0 Å². The molecule has 0 amide bonds. The Morgan fingerprint density at radius 1 is 1.25 bits per heavy atom. The maximum atomic E-state index is 12.1. The fourth-order valence-corrected chi connectivity index (χ4v) is 2.29. The van der Waals surface area contributed by atoms with Crippen LogP contribution in [0, 0.1) is 0 Å². The molecule has 5 nitrogen and oxygen atoms in total. The molecule has 0 aliphatic heterocycles. The molecule has 0 unspecified atom stereocenters. The number of hydrogen-bond donors (Lipinski definition) is 1. The van der Waals surface area contributed by atoms with Crippen LogP contribution in [0.5, 0.6) is 0 Å². The summed E-state index contributed by atoms with van der Waals surface area (Å²) < 4.78 is 1.05. The highest BCUT2D eigenvalue weighted by molar-refractivity contribution is 7.98. The van der Waals surface area contributed by atoms with Gasteiger partial charge in [-0.3, -0.25) is 4.79 Å². The van der Waals surface area contributed by atoms with Gasteiger partial charge in [-0.05, 0) is 23.3 Å². The van der Waals surface area contributed by atoms with E-state index >= 15 is 0 Å². The van der Waals surface area contributed by atoms with Gasteiger partial charge in [-0.15, -0.1) is 10.2 Å². The van der Waals surface area contributed by atoms with Crippen molar-refractivity contribution in [2.45, 2.75) is 31.3 Å². The summed E-state index contributed by atoms with van der Waals surface area (Å²) in [6, 6.07) is 8.18. The maximum Gasteiger partial charge on any atom is 0.294 e. The Hall–Kier alpha value is -1.82. The summed E-state index contributed by atoms with van der Waals surface area (Å²) >= 11 is 1.29. The van der Waals surface area contributed by atoms with Crippen LogP contribution in [0.2, 0.25) is 0 Å². The maximum absolute atomic E-state index is 12.1. The van der Waals surface area contributed by atoms with Crippen molar-refractivity contribution in [3.63, 3.8) is 0 Å². The van der Waals surface area contributed by atoms with Gasteiger partial charge >= 0.3 is 0 Å². The first-order valence-corrected chi connectivity index (χ1v) is 7.62. The molecular weight excluding hydrogens is 272 g/mol. The average Bonchev–Trinajstić information content (AvgIpc) is 2.45. The highest BCUT2D eigenvalue weighted by atomic mass is 32.2. The molecule has 0 atom stereocenters. The predicted octanol–water partition coefficient (Wildman–Crippen LogP) is 1.79. The van der Waals surface area contributed by atoms with Gasteiger partial charge in [0.2, 0.25) is 5.16 Å². The fraction of sp³-hybridized carbons (Fsp3) is 0.357. The zero-order valence-corrected chi connectivity index (χ0v) is 12.6. The lowest BCUT2D eigenvalue weighted by molar-refractivity contribution is 0.673. The van der Waals surface area contributed by atoms with Crippen LogP contribution in [0.25, 0.3) is 0 Å². The van der Waals surface area contributed by atoms with Crippen LogP contribution in [-0.2, 0) is 6.42 Å². The Morgan fingerprint density at radius 3 is 2.45 bits per heavy atom. The summed E-state index contributed by atoms with van der Waals surface area (Å²) in [6.45, 7) is 4.30. The second-order valence-electron chi connectivity index (χ2n) is 4.88. The Kier molecular flexibility index (Phi) is 4.44. The minimum Gasteiger partial charge on any atom is -0.334 e. The van der Waals surface area contributed by atoms with Gasteiger partial charge in [0.25, 0.3) is 5.56 Å². The van der Waals surface area contributed by atoms with Gasteiger partial charge in [0, 0.05) is 6.42 Å². The molecule has 6 heteroatoms. The SMILES string of the molecule is CSc1nnc(Cc2ccc(C(C)C)cc2)c(=O)n1N. The molecule has 0 spiro atoms. The molecule has 1 aromatic heterocycles. The van der Waals surface area contributed by atoms with Crippen molar-refractivity contribution in [2.75, 3.05) is 12.1 Å². The number of nitrogens with zero attached hydrogens (tertiary/aromatic N) is 3. The van der Waals surface area contributed by atoms with Gasteiger partial charge in [0.15, 0.2) is 0 Å². The van der Waals surface area contributed by atoms with Gasteiger partial charge in [-0.1, -0.05) is 49.9 Å². The van der Waals surface area contributed by atoms with Crippen LogP contribution in [0.3, 0.4) is 0 Å². The molecule has 0 fully saturated rings. The van der Waals surface area contributed by atoms with E-state index in [9.17, 15) is 4.79 Å². The molecule has 20 heavy (non-hydrogen) atoms. The van der Waals surface area contributed by atoms with Gasteiger partial charge in [0.1, 0.15) is 5.69 Å². The average molecular weight is 290 g/mol. The van der Waals surface area contributed by atoms with Crippen molar-refractivity contribution in [3.8, 4) is 0 Å². The van der Waals surface area contributed by atoms with Crippen molar-refractivity contribution in [1.82, 2.24) is 14.9 Å². The molecule has 2 rings (SSSR count). The summed E-state index contributed by atoms with van der Waals surface area (Å²) in [5, 5.41) is 8.34. The minimum atomic E-state index is -0.294. The smallest absolute Gasteiger partial charge is 0.294 e. The number of benzene rings is 1. The second-order valence-corrected chi connectivity index (χ2v) is 5.66. The van der Waals surface area contributed by atoms with E-state index in [1.807, 2.05) is 12.1 Å². The van der Waals surface area contributed by atoms with Crippen LogP contribution in [0.4, 0.5) is 0 Å². The molecule has 1 heterocycles. The Labute approximate surface area is 122 Å². The highest BCUT2D eigenvalue weighted by Gasteiger charge is 2.10. The van der Waals surface area contributed by atoms with Crippen molar-refractivity contribution in [3.05, 3.63) is 51.4 Å². The van der Waals surface area contributed by atoms with E-state index in [2.05, 4.69) is 36.2 Å². The van der Waals surface area contributed by atoms with Crippen molar-refractivity contribution < 1.29 is 0 Å². The Bertz CT molecular complexity index is 649. The van der Waals surface area contributed by atoms with E-state index in [0.717, 1.165) is 10.2 Å². The topological polar surface area (TPSA) is 73.8 Å². The Morgan fingerprint density at radius 2 is 1.90 bits per heavy atom. The molecule has 106 valence electrons. The van der Waals surface area contributed by atoms with Crippen LogP contribution < -0.4 is 11.4 Å². The standard InChI is InChI=1S/C14H18N4OS/c1-9(2)11-6-4-10(5-7-11)8-12-13(19)18(15)14(20-3)17-16-12/h4-7,9H,8,15H2,1-3H3. The van der Waals surface area contributed by atoms with Gasteiger partial charge in [-0.2, -0.15) is 4.68 Å². The van der Waals surface area contributed by atoms with Crippen molar-refractivity contribution in [1.29, 1.82) is 0 Å². The largest absolute Gasteiger partial charge is 0.334 e. The third-order valence-electron chi connectivity index (χ3n) is 3.13. The van der Waals surface area contributed by atoms with Gasteiger partial charge in [-0.25, -0.2) is 0 Å². The normalized spacial score (nSPS) is 11.0. The van der Waals surface area contributed by atoms with Gasteiger partial charge < -0.3 is 5.84 Å². The molecule has 2 aromatic rings. The van der Waals surface area contributed by atoms with E-state index in [4.69, 9.17) is 5.84 Å². The number of nitrogens with two attached hydrogens (primary N) is 1. The zero-order chi connectivity index (χ0) is 14.7. The summed E-state index contributed by atoms with van der Waals surface area (Å²) in [6.07, 6.45) is 2.24. The first kappa shape index (κ1) is 14.6. The minimum absolute atomic E-state index is 0.294. The molecule has 0 aliphatic rings. The summed E-state index contributed by atoms with van der Waals surface area (Å²) in [5.41, 5.74) is 2.37. The summed E-state index contributed by atoms with van der Waals surface area (Å²) in [5.74, 6) is 6.18. The lowest BCUT2D eigenvalue weighted by atomic mass is 10.0. The molecule has 0 radical (unpaired) electrons. The number of nitrogen functional groups attached to an aromatic ring is 1. The second kappa shape index (κ2) is 6.09. The monoisotopic (exact) mass is 290 g/mol.